The number of halogens is 8. The summed E-state index contributed by atoms with van der Waals surface area (Å²) in [5, 5.41) is 6.11. The van der Waals surface area contributed by atoms with E-state index < -0.39 is 35.6 Å². The predicted molar refractivity (Wildman–Crippen MR) is 101 cm³/mol. The molecule has 1 heterocycles. The molecule has 0 atom stereocenters. The lowest BCUT2D eigenvalue weighted by Gasteiger charge is -2.11. The molecule has 14 heteroatoms. The van der Waals surface area contributed by atoms with Gasteiger partial charge < -0.3 is 10.1 Å². The number of hydrogen-bond donors (Lipinski definition) is 2. The van der Waals surface area contributed by atoms with Gasteiger partial charge in [-0.15, -0.1) is 13.2 Å². The Morgan fingerprint density at radius 1 is 0.879 bits per heavy atom. The minimum Gasteiger partial charge on any atom is -0.406 e. The van der Waals surface area contributed by atoms with E-state index >= 15 is 0 Å². The molecule has 0 radical (unpaired) electrons. The summed E-state index contributed by atoms with van der Waals surface area (Å²) in [6, 6.07) is 7.49. The summed E-state index contributed by atoms with van der Waals surface area (Å²) in [5.41, 5.74) is 0.891. The average molecular weight is 477 g/mol. The molecule has 33 heavy (non-hydrogen) atoms. The summed E-state index contributed by atoms with van der Waals surface area (Å²) < 4.78 is 106. The molecule has 0 bridgehead atoms. The molecule has 0 saturated heterocycles. The lowest BCUT2D eigenvalue weighted by Crippen LogP contribution is -2.17. The molecule has 0 aliphatic carbocycles. The Labute approximate surface area is 179 Å². The molecule has 6 nitrogen and oxygen atoms in total. The van der Waals surface area contributed by atoms with Gasteiger partial charge in [0.05, 0.1) is 11.8 Å². The number of anilines is 3. The number of nitrogens with one attached hydrogen (secondary N) is 2. The Morgan fingerprint density at radius 2 is 1.58 bits per heavy atom. The van der Waals surface area contributed by atoms with Gasteiger partial charge in [0.25, 0.3) is 0 Å². The summed E-state index contributed by atoms with van der Waals surface area (Å²) in [6.45, 7) is 0. The van der Waals surface area contributed by atoms with Crippen molar-refractivity contribution in [2.45, 2.75) is 12.5 Å². The van der Waals surface area contributed by atoms with Gasteiger partial charge >= 0.3 is 12.5 Å². The number of hydrazone groups is 1. The van der Waals surface area contributed by atoms with Crippen LogP contribution < -0.4 is 15.5 Å². The monoisotopic (exact) mass is 477 g/mol. The number of aromatic nitrogens is 2. The first-order valence-electron chi connectivity index (χ1n) is 8.72. The van der Waals surface area contributed by atoms with Crippen LogP contribution >= 0.6 is 0 Å². The summed E-state index contributed by atoms with van der Waals surface area (Å²) in [7, 11) is 0. The smallest absolute Gasteiger partial charge is 0.406 e. The van der Waals surface area contributed by atoms with Crippen LogP contribution in [-0.2, 0) is 6.18 Å². The molecule has 0 fully saturated rings. The van der Waals surface area contributed by atoms with E-state index in [0.717, 1.165) is 30.5 Å². The third-order valence-corrected chi connectivity index (χ3v) is 3.73. The maximum Gasteiger partial charge on any atom is 0.573 e. The Morgan fingerprint density at radius 3 is 2.21 bits per heavy atom. The van der Waals surface area contributed by atoms with Gasteiger partial charge in [0, 0.05) is 11.8 Å². The highest BCUT2D eigenvalue weighted by Crippen LogP contribution is 2.33. The SMILES string of the molecule is Fc1cc(Nc2ccc(F)c(C(F)(F)F)c2)nc(N/N=C\c2ccc(OC(F)(F)F)cc2)n1. The number of rotatable bonds is 6. The van der Waals surface area contributed by atoms with Gasteiger partial charge in [-0.3, -0.25) is 0 Å². The van der Waals surface area contributed by atoms with E-state index in [1.54, 1.807) is 0 Å². The van der Waals surface area contributed by atoms with Crippen LogP contribution in [0.1, 0.15) is 11.1 Å². The lowest BCUT2D eigenvalue weighted by molar-refractivity contribution is -0.274. The van der Waals surface area contributed by atoms with Crippen molar-refractivity contribution in [1.82, 2.24) is 9.97 Å². The van der Waals surface area contributed by atoms with Crippen molar-refractivity contribution in [1.29, 1.82) is 0 Å². The maximum absolute atomic E-state index is 13.8. The molecule has 174 valence electrons. The molecule has 0 unspecified atom stereocenters. The van der Waals surface area contributed by atoms with Crippen LogP contribution in [0.25, 0.3) is 0 Å². The number of nitrogens with zero attached hydrogens (tertiary/aromatic N) is 3. The third kappa shape index (κ3) is 7.02. The molecule has 1 aromatic heterocycles. The second kappa shape index (κ2) is 9.26. The van der Waals surface area contributed by atoms with Gasteiger partial charge in [-0.05, 0) is 48.0 Å². The van der Waals surface area contributed by atoms with E-state index in [1.165, 1.54) is 12.1 Å². The second-order valence-corrected chi connectivity index (χ2v) is 6.20. The fraction of sp³-hybridized carbons (Fsp3) is 0.105. The fourth-order valence-corrected chi connectivity index (χ4v) is 2.42. The van der Waals surface area contributed by atoms with E-state index in [1.807, 2.05) is 0 Å². The fourth-order valence-electron chi connectivity index (χ4n) is 2.42. The normalized spacial score (nSPS) is 12.1. The number of alkyl halides is 6. The average Bonchev–Trinajstić information content (AvgIpc) is 2.68. The molecule has 2 N–H and O–H groups in total. The first kappa shape index (κ1) is 23.7. The first-order valence-corrected chi connectivity index (χ1v) is 8.72. The molecular weight excluding hydrogens is 466 g/mol. The highest BCUT2D eigenvalue weighted by atomic mass is 19.4. The molecule has 0 aliphatic heterocycles. The van der Waals surface area contributed by atoms with Crippen LogP contribution in [0.15, 0.2) is 53.6 Å². The van der Waals surface area contributed by atoms with E-state index in [0.29, 0.717) is 17.7 Å². The number of ether oxygens (including phenoxy) is 1. The van der Waals surface area contributed by atoms with Crippen molar-refractivity contribution < 1.29 is 39.9 Å². The molecule has 0 aliphatic rings. The largest absolute Gasteiger partial charge is 0.573 e. The summed E-state index contributed by atoms with van der Waals surface area (Å²) >= 11 is 0. The van der Waals surface area contributed by atoms with Crippen LogP contribution in [0.4, 0.5) is 52.6 Å². The summed E-state index contributed by atoms with van der Waals surface area (Å²) in [4.78, 5) is 7.23. The van der Waals surface area contributed by atoms with Crippen molar-refractivity contribution in [2.24, 2.45) is 5.10 Å². The van der Waals surface area contributed by atoms with E-state index in [9.17, 15) is 35.1 Å². The standard InChI is InChI=1S/C19H11F8N5O/c20-14-6-3-11(7-13(14)18(22,23)24)29-16-8-15(21)30-17(31-16)32-28-9-10-1-4-12(5-2-10)33-19(25,26)27/h1-9H,(H2,29,30,31,32)/b28-9-. The predicted octanol–water partition coefficient (Wildman–Crippen LogP) is 5.86. The Kier molecular flexibility index (Phi) is 6.65. The van der Waals surface area contributed by atoms with E-state index in [-0.39, 0.29) is 17.5 Å². The number of hydrogen-bond acceptors (Lipinski definition) is 6. The van der Waals surface area contributed by atoms with Crippen molar-refractivity contribution in [3.05, 3.63) is 71.4 Å². The molecule has 3 aromatic rings. The Hall–Kier alpha value is -3.97. The van der Waals surface area contributed by atoms with Gasteiger partial charge in [0.1, 0.15) is 17.4 Å². The quantitative estimate of drug-likeness (QED) is 0.201. The topological polar surface area (TPSA) is 71.4 Å². The van der Waals surface area contributed by atoms with Crippen molar-refractivity contribution in [2.75, 3.05) is 10.7 Å². The van der Waals surface area contributed by atoms with Crippen LogP contribution in [0.3, 0.4) is 0 Å². The highest BCUT2D eigenvalue weighted by molar-refractivity contribution is 5.80. The van der Waals surface area contributed by atoms with Gasteiger partial charge in [-0.2, -0.15) is 32.6 Å². The number of benzene rings is 2. The zero-order valence-corrected chi connectivity index (χ0v) is 16.0. The van der Waals surface area contributed by atoms with Crippen molar-refractivity contribution >= 4 is 23.7 Å². The first-order chi connectivity index (χ1) is 15.4. The minimum absolute atomic E-state index is 0.211. The van der Waals surface area contributed by atoms with Crippen LogP contribution in [0.5, 0.6) is 5.75 Å². The summed E-state index contributed by atoms with van der Waals surface area (Å²) in [5.74, 6) is -3.61. The van der Waals surface area contributed by atoms with Crippen molar-refractivity contribution in [3.63, 3.8) is 0 Å². The molecular formula is C19H11F8N5O. The van der Waals surface area contributed by atoms with Crippen LogP contribution in [0.2, 0.25) is 0 Å². The maximum atomic E-state index is 13.8. The zero-order chi connectivity index (χ0) is 24.2. The zero-order valence-electron chi connectivity index (χ0n) is 16.0. The molecule has 3 rings (SSSR count). The molecule has 2 aromatic carbocycles. The molecule has 0 amide bonds. The third-order valence-electron chi connectivity index (χ3n) is 3.73. The molecule has 0 spiro atoms. The minimum atomic E-state index is -4.93. The second-order valence-electron chi connectivity index (χ2n) is 6.20. The van der Waals surface area contributed by atoms with E-state index in [2.05, 4.69) is 30.5 Å². The highest BCUT2D eigenvalue weighted by Gasteiger charge is 2.34. The Bertz CT molecular complexity index is 1150. The van der Waals surface area contributed by atoms with Gasteiger partial charge in [-0.25, -0.2) is 9.82 Å². The summed E-state index contributed by atoms with van der Waals surface area (Å²) in [6.07, 6.45) is -8.61. The van der Waals surface area contributed by atoms with Crippen LogP contribution in [-0.4, -0.2) is 22.5 Å². The lowest BCUT2D eigenvalue weighted by atomic mass is 10.2. The Balaban J connectivity index is 1.70. The van der Waals surface area contributed by atoms with Crippen LogP contribution in [0, 0.1) is 11.8 Å². The van der Waals surface area contributed by atoms with E-state index in [4.69, 9.17) is 0 Å². The van der Waals surface area contributed by atoms with Gasteiger partial charge in [-0.1, -0.05) is 0 Å². The van der Waals surface area contributed by atoms with Gasteiger partial charge in [0.2, 0.25) is 11.9 Å². The molecule has 0 saturated carbocycles. The van der Waals surface area contributed by atoms with Gasteiger partial charge in [0.15, 0.2) is 0 Å². The van der Waals surface area contributed by atoms with Crippen molar-refractivity contribution in [3.8, 4) is 5.75 Å².